The van der Waals surface area contributed by atoms with Crippen LogP contribution in [0.15, 0.2) is 42.5 Å². The molecule has 32 heavy (non-hydrogen) atoms. The van der Waals surface area contributed by atoms with Crippen LogP contribution in [0.1, 0.15) is 51.5 Å². The number of halogens is 1. The Morgan fingerprint density at radius 3 is 2.56 bits per heavy atom. The van der Waals surface area contributed by atoms with Crippen LogP contribution in [0.5, 0.6) is 17.2 Å². The number of benzene rings is 2. The molecule has 0 aromatic heterocycles. The van der Waals surface area contributed by atoms with Crippen molar-refractivity contribution >= 4 is 17.5 Å². The van der Waals surface area contributed by atoms with Crippen LogP contribution in [0.25, 0.3) is 0 Å². The molecule has 1 unspecified atom stereocenters. The predicted octanol–water partition coefficient (Wildman–Crippen LogP) is 5.83. The van der Waals surface area contributed by atoms with E-state index in [9.17, 15) is 4.79 Å². The lowest BCUT2D eigenvalue weighted by molar-refractivity contribution is -0.143. The molecule has 1 atom stereocenters. The minimum atomic E-state index is -0.370. The number of likely N-dealkylation sites (tertiary alicyclic amines) is 1. The quantitative estimate of drug-likeness (QED) is 0.566. The summed E-state index contributed by atoms with van der Waals surface area (Å²) in [7, 11) is 0. The topological polar surface area (TPSA) is 48.0 Å². The summed E-state index contributed by atoms with van der Waals surface area (Å²) in [6.07, 6.45) is 5.02. The number of ether oxygens (including phenoxy) is 3. The van der Waals surface area contributed by atoms with Crippen LogP contribution in [0, 0.1) is 5.92 Å². The lowest BCUT2D eigenvalue weighted by atomic mass is 9.63. The van der Waals surface area contributed by atoms with Gasteiger partial charge in [-0.05, 0) is 55.5 Å². The van der Waals surface area contributed by atoms with Crippen LogP contribution < -0.4 is 14.2 Å². The van der Waals surface area contributed by atoms with Crippen molar-refractivity contribution in [3.8, 4) is 17.2 Å². The fourth-order valence-electron chi connectivity index (χ4n) is 4.79. The van der Waals surface area contributed by atoms with E-state index in [-0.39, 0.29) is 18.1 Å². The Labute approximate surface area is 195 Å². The molecule has 1 amide bonds. The van der Waals surface area contributed by atoms with Crippen LogP contribution in [-0.2, 0) is 10.2 Å². The smallest absolute Gasteiger partial charge is 0.233 e. The predicted molar refractivity (Wildman–Crippen MR) is 126 cm³/mol. The first-order valence-electron chi connectivity index (χ1n) is 11.7. The number of hydrogen-bond donors (Lipinski definition) is 0. The average Bonchev–Trinajstić information content (AvgIpc) is 3.28. The molecule has 2 aromatic rings. The first-order valence-corrected chi connectivity index (χ1v) is 12.1. The number of carbonyl (C=O) groups excluding carboxylic acids is 1. The molecule has 0 N–H and O–H groups in total. The number of amides is 1. The van der Waals surface area contributed by atoms with Gasteiger partial charge in [0.1, 0.15) is 5.75 Å². The van der Waals surface area contributed by atoms with Gasteiger partial charge in [-0.3, -0.25) is 4.79 Å². The summed E-state index contributed by atoms with van der Waals surface area (Å²) in [5, 5.41) is 0.708. The fraction of sp³-hybridized carbons (Fsp3) is 0.500. The first kappa shape index (κ1) is 22.8. The van der Waals surface area contributed by atoms with Gasteiger partial charge in [0.15, 0.2) is 11.5 Å². The summed E-state index contributed by atoms with van der Waals surface area (Å²) in [6.45, 7) is 6.43. The van der Waals surface area contributed by atoms with Crippen molar-refractivity contribution in [1.82, 2.24) is 4.90 Å². The molecule has 5 rings (SSSR count). The average molecular weight is 458 g/mol. The molecule has 1 saturated carbocycles. The Morgan fingerprint density at radius 2 is 1.84 bits per heavy atom. The van der Waals surface area contributed by atoms with E-state index in [0.29, 0.717) is 17.5 Å². The summed E-state index contributed by atoms with van der Waals surface area (Å²) in [5.74, 6) is 2.85. The van der Waals surface area contributed by atoms with E-state index in [0.717, 1.165) is 68.0 Å². The van der Waals surface area contributed by atoms with Crippen molar-refractivity contribution in [3.63, 3.8) is 0 Å². The van der Waals surface area contributed by atoms with Crippen molar-refractivity contribution < 1.29 is 19.0 Å². The zero-order valence-electron chi connectivity index (χ0n) is 18.9. The molecule has 1 aliphatic carbocycles. The number of carbonyl (C=O) groups is 1. The van der Waals surface area contributed by atoms with E-state index in [4.69, 9.17) is 25.8 Å². The van der Waals surface area contributed by atoms with Gasteiger partial charge >= 0.3 is 0 Å². The van der Waals surface area contributed by atoms with Gasteiger partial charge in [-0.1, -0.05) is 44.0 Å². The summed E-state index contributed by atoms with van der Waals surface area (Å²) in [6, 6.07) is 13.5. The number of fused-ring (bicyclic) bond motifs is 1. The van der Waals surface area contributed by atoms with Crippen molar-refractivity contribution in [2.75, 3.05) is 26.5 Å². The van der Waals surface area contributed by atoms with Crippen LogP contribution in [0.2, 0.25) is 5.02 Å². The Bertz CT molecular complexity index is 926. The molecule has 1 saturated heterocycles. The summed E-state index contributed by atoms with van der Waals surface area (Å²) in [4.78, 5) is 15.6. The maximum Gasteiger partial charge on any atom is 0.233 e. The van der Waals surface area contributed by atoms with Gasteiger partial charge in [-0.15, -0.1) is 0 Å². The molecule has 0 radical (unpaired) electrons. The van der Waals surface area contributed by atoms with Gasteiger partial charge in [-0.2, -0.15) is 0 Å². The SMILES string of the molecule is CC.O=C(N1CCCC(COc2ccc3c(c2)OCO3)C1)C1(c2ccc(Cl)cc2)CCC1. The Balaban J connectivity index is 0.00000119. The molecule has 0 spiro atoms. The van der Waals surface area contributed by atoms with Crippen molar-refractivity contribution in [2.24, 2.45) is 5.92 Å². The van der Waals surface area contributed by atoms with E-state index in [1.807, 2.05) is 56.3 Å². The van der Waals surface area contributed by atoms with E-state index in [2.05, 4.69) is 4.90 Å². The molecule has 2 aliphatic heterocycles. The number of rotatable bonds is 5. The van der Waals surface area contributed by atoms with Gasteiger partial charge in [0.05, 0.1) is 12.0 Å². The zero-order valence-corrected chi connectivity index (χ0v) is 19.7. The third-order valence-electron chi connectivity index (χ3n) is 6.65. The maximum absolute atomic E-state index is 13.6. The second kappa shape index (κ2) is 10.0. The molecular weight excluding hydrogens is 426 g/mol. The number of hydrogen-bond acceptors (Lipinski definition) is 4. The molecule has 6 heteroatoms. The lowest BCUT2D eigenvalue weighted by Gasteiger charge is -2.46. The second-order valence-electron chi connectivity index (χ2n) is 8.53. The third kappa shape index (κ3) is 4.54. The summed E-state index contributed by atoms with van der Waals surface area (Å²) in [5.41, 5.74) is 0.729. The third-order valence-corrected chi connectivity index (χ3v) is 6.90. The summed E-state index contributed by atoms with van der Waals surface area (Å²) < 4.78 is 16.8. The van der Waals surface area contributed by atoms with Crippen LogP contribution >= 0.6 is 11.6 Å². The Kier molecular flexibility index (Phi) is 7.14. The van der Waals surface area contributed by atoms with Crippen LogP contribution in [0.4, 0.5) is 0 Å². The normalized spacial score (nSPS) is 20.6. The molecule has 2 aromatic carbocycles. The van der Waals surface area contributed by atoms with E-state index in [1.54, 1.807) is 0 Å². The monoisotopic (exact) mass is 457 g/mol. The van der Waals surface area contributed by atoms with Gasteiger partial charge in [0, 0.05) is 30.1 Å². The fourth-order valence-corrected chi connectivity index (χ4v) is 4.92. The zero-order chi connectivity index (χ0) is 22.6. The molecular formula is C26H32ClNO4. The molecule has 2 fully saturated rings. The van der Waals surface area contributed by atoms with E-state index >= 15 is 0 Å². The van der Waals surface area contributed by atoms with Gasteiger partial charge in [0.25, 0.3) is 0 Å². The van der Waals surface area contributed by atoms with Gasteiger partial charge in [-0.25, -0.2) is 0 Å². The standard InChI is InChI=1S/C24H26ClNO4.C2H6/c25-19-6-4-18(5-7-19)24(10-2-11-24)23(27)26-12-1-3-17(14-26)15-28-20-8-9-21-22(13-20)30-16-29-21;1-2/h4-9,13,17H,1-3,10-12,14-16H2;1-2H3. The molecule has 172 valence electrons. The van der Waals surface area contributed by atoms with E-state index < -0.39 is 0 Å². The highest BCUT2D eigenvalue weighted by atomic mass is 35.5. The number of piperidine rings is 1. The molecule has 5 nitrogen and oxygen atoms in total. The second-order valence-corrected chi connectivity index (χ2v) is 8.96. The van der Waals surface area contributed by atoms with Crippen molar-refractivity contribution in [1.29, 1.82) is 0 Å². The largest absolute Gasteiger partial charge is 0.493 e. The first-order chi connectivity index (χ1) is 15.6. The van der Waals surface area contributed by atoms with Gasteiger partial charge < -0.3 is 19.1 Å². The molecule has 0 bridgehead atoms. The highest BCUT2D eigenvalue weighted by Gasteiger charge is 2.48. The van der Waals surface area contributed by atoms with Gasteiger partial charge in [0.2, 0.25) is 12.7 Å². The van der Waals surface area contributed by atoms with Crippen LogP contribution in [-0.4, -0.2) is 37.3 Å². The van der Waals surface area contributed by atoms with E-state index in [1.165, 1.54) is 0 Å². The van der Waals surface area contributed by atoms with Crippen molar-refractivity contribution in [3.05, 3.63) is 53.1 Å². The number of nitrogens with zero attached hydrogens (tertiary/aromatic N) is 1. The lowest BCUT2D eigenvalue weighted by Crippen LogP contribution is -2.54. The molecule has 2 heterocycles. The van der Waals surface area contributed by atoms with Crippen molar-refractivity contribution in [2.45, 2.75) is 51.4 Å². The summed E-state index contributed by atoms with van der Waals surface area (Å²) >= 11 is 6.06. The Morgan fingerprint density at radius 1 is 1.09 bits per heavy atom. The molecule has 3 aliphatic rings. The van der Waals surface area contributed by atoms with Crippen LogP contribution in [0.3, 0.4) is 0 Å². The minimum Gasteiger partial charge on any atom is -0.493 e. The Hall–Kier alpha value is -2.40. The maximum atomic E-state index is 13.6. The highest BCUT2D eigenvalue weighted by Crippen LogP contribution is 2.46. The minimum absolute atomic E-state index is 0.258. The highest BCUT2D eigenvalue weighted by molar-refractivity contribution is 6.30.